The standard InChI is InChI=1S/C12H20N4O6S/c1-16-11(21)5(13)9(15-12(16)23-2)14-10-8(20)7(19)6(18)4(3-17)22-10/h4,6-8,10,14,17-20H,3,13H2,1-2H3/t4-,6+,7+,8-,10-/m0/s1. The number of nitrogens with zero attached hydrogens (tertiary/aromatic N) is 2. The Hall–Kier alpha value is -1.37. The smallest absolute Gasteiger partial charge is 0.279 e. The maximum absolute atomic E-state index is 12.0. The monoisotopic (exact) mass is 348 g/mol. The molecule has 0 spiro atoms. The number of thioether (sulfide) groups is 1. The molecule has 0 bridgehead atoms. The Morgan fingerprint density at radius 3 is 2.57 bits per heavy atom. The van der Waals surface area contributed by atoms with Crippen LogP contribution in [0.5, 0.6) is 0 Å². The number of aliphatic hydroxyl groups is 4. The summed E-state index contributed by atoms with van der Waals surface area (Å²) in [5, 5.41) is 41.7. The Labute approximate surface area is 135 Å². The van der Waals surface area contributed by atoms with E-state index < -0.39 is 42.8 Å². The predicted octanol–water partition coefficient (Wildman–Crippen LogP) is -2.70. The van der Waals surface area contributed by atoms with Gasteiger partial charge < -0.3 is 36.2 Å². The largest absolute Gasteiger partial charge is 0.394 e. The van der Waals surface area contributed by atoms with Crippen molar-refractivity contribution >= 4 is 23.3 Å². The van der Waals surface area contributed by atoms with Crippen molar-refractivity contribution in [2.45, 2.75) is 35.8 Å². The molecule has 0 radical (unpaired) electrons. The van der Waals surface area contributed by atoms with Gasteiger partial charge in [0.15, 0.2) is 17.2 Å². The van der Waals surface area contributed by atoms with Gasteiger partial charge in [0.05, 0.1) is 6.61 Å². The molecule has 0 saturated carbocycles. The molecule has 0 amide bonds. The minimum Gasteiger partial charge on any atom is -0.394 e. The van der Waals surface area contributed by atoms with Gasteiger partial charge in [0, 0.05) is 7.05 Å². The molecule has 23 heavy (non-hydrogen) atoms. The SMILES string of the molecule is CSc1nc(N[C@H]2O[C@@H](CO)[C@@H](O)[C@@H](O)[C@@H]2O)c(N)c(=O)n1C. The highest BCUT2D eigenvalue weighted by molar-refractivity contribution is 7.98. The summed E-state index contributed by atoms with van der Waals surface area (Å²) >= 11 is 1.22. The van der Waals surface area contributed by atoms with Crippen LogP contribution in [0.15, 0.2) is 9.95 Å². The average molecular weight is 348 g/mol. The second-order valence-corrected chi connectivity index (χ2v) is 5.89. The van der Waals surface area contributed by atoms with Crippen molar-refractivity contribution in [3.8, 4) is 0 Å². The van der Waals surface area contributed by atoms with Crippen molar-refractivity contribution in [3.05, 3.63) is 10.4 Å². The lowest BCUT2D eigenvalue weighted by Gasteiger charge is -2.40. The van der Waals surface area contributed by atoms with E-state index in [2.05, 4.69) is 10.3 Å². The van der Waals surface area contributed by atoms with E-state index in [4.69, 9.17) is 15.6 Å². The Morgan fingerprint density at radius 1 is 1.35 bits per heavy atom. The zero-order valence-electron chi connectivity index (χ0n) is 12.6. The number of aliphatic hydroxyl groups excluding tert-OH is 4. The van der Waals surface area contributed by atoms with Crippen LogP contribution < -0.4 is 16.6 Å². The lowest BCUT2D eigenvalue weighted by molar-refractivity contribution is -0.221. The van der Waals surface area contributed by atoms with Crippen molar-refractivity contribution in [1.29, 1.82) is 0 Å². The molecule has 1 aromatic rings. The first-order chi connectivity index (χ1) is 10.8. The fourth-order valence-corrected chi connectivity index (χ4v) is 2.79. The molecule has 1 aromatic heterocycles. The second-order valence-electron chi connectivity index (χ2n) is 5.12. The van der Waals surface area contributed by atoms with E-state index in [0.717, 1.165) is 0 Å². The van der Waals surface area contributed by atoms with E-state index >= 15 is 0 Å². The Balaban J connectivity index is 2.31. The molecule has 0 aromatic carbocycles. The molecule has 0 aliphatic carbocycles. The van der Waals surface area contributed by atoms with E-state index in [1.54, 1.807) is 6.26 Å². The van der Waals surface area contributed by atoms with Crippen LogP contribution in [-0.4, -0.2) is 73.5 Å². The van der Waals surface area contributed by atoms with Crippen molar-refractivity contribution < 1.29 is 25.2 Å². The Kier molecular flexibility index (Phi) is 5.49. The predicted molar refractivity (Wildman–Crippen MR) is 83.1 cm³/mol. The van der Waals surface area contributed by atoms with Gasteiger partial charge in [-0.2, -0.15) is 0 Å². The van der Waals surface area contributed by atoms with Gasteiger partial charge in [-0.15, -0.1) is 0 Å². The van der Waals surface area contributed by atoms with E-state index in [0.29, 0.717) is 5.16 Å². The number of anilines is 2. The van der Waals surface area contributed by atoms with Crippen molar-refractivity contribution in [3.63, 3.8) is 0 Å². The third-order valence-corrected chi connectivity index (χ3v) is 4.37. The number of aromatic nitrogens is 2. The molecule has 0 unspecified atom stereocenters. The zero-order valence-corrected chi connectivity index (χ0v) is 13.4. The zero-order chi connectivity index (χ0) is 17.3. The van der Waals surface area contributed by atoms with E-state index in [-0.39, 0.29) is 11.5 Å². The van der Waals surface area contributed by atoms with Crippen LogP contribution in [-0.2, 0) is 11.8 Å². The number of ether oxygens (including phenoxy) is 1. The number of nitrogens with two attached hydrogens (primary N) is 1. The molecule has 2 rings (SSSR count). The number of nitrogen functional groups attached to an aromatic ring is 1. The number of rotatable bonds is 4. The maximum Gasteiger partial charge on any atom is 0.279 e. The molecule has 5 atom stereocenters. The summed E-state index contributed by atoms with van der Waals surface area (Å²) in [6.45, 7) is -0.557. The van der Waals surface area contributed by atoms with Gasteiger partial charge in [-0.05, 0) is 6.26 Å². The lowest BCUT2D eigenvalue weighted by Crippen LogP contribution is -2.60. The third-order valence-electron chi connectivity index (χ3n) is 3.64. The molecule has 11 heteroatoms. The highest BCUT2D eigenvalue weighted by atomic mass is 32.2. The average Bonchev–Trinajstić information content (AvgIpc) is 2.55. The number of hydrogen-bond acceptors (Lipinski definition) is 10. The molecule has 1 fully saturated rings. The highest BCUT2D eigenvalue weighted by Gasteiger charge is 2.43. The summed E-state index contributed by atoms with van der Waals surface area (Å²) in [6.07, 6.45) is -5.05. The van der Waals surface area contributed by atoms with E-state index in [9.17, 15) is 20.1 Å². The van der Waals surface area contributed by atoms with Gasteiger partial charge in [0.1, 0.15) is 30.1 Å². The first-order valence-corrected chi connectivity index (χ1v) is 8.01. The normalized spacial score (nSPS) is 31.1. The van der Waals surface area contributed by atoms with Crippen molar-refractivity contribution in [2.75, 3.05) is 23.9 Å². The van der Waals surface area contributed by atoms with Crippen LogP contribution in [0.4, 0.5) is 11.5 Å². The topological polar surface area (TPSA) is 163 Å². The van der Waals surface area contributed by atoms with Crippen molar-refractivity contribution in [1.82, 2.24) is 9.55 Å². The Morgan fingerprint density at radius 2 is 2.00 bits per heavy atom. The fourth-order valence-electron chi connectivity index (χ4n) is 2.25. The maximum atomic E-state index is 12.0. The summed E-state index contributed by atoms with van der Waals surface area (Å²) < 4.78 is 6.58. The molecule has 10 nitrogen and oxygen atoms in total. The molecule has 1 aliphatic heterocycles. The van der Waals surface area contributed by atoms with Gasteiger partial charge in [-0.25, -0.2) is 4.98 Å². The van der Waals surface area contributed by atoms with Crippen LogP contribution in [0.25, 0.3) is 0 Å². The van der Waals surface area contributed by atoms with Gasteiger partial charge in [0.25, 0.3) is 5.56 Å². The van der Waals surface area contributed by atoms with Crippen LogP contribution >= 0.6 is 11.8 Å². The molecular weight excluding hydrogens is 328 g/mol. The molecule has 130 valence electrons. The molecular formula is C12H20N4O6S. The lowest BCUT2D eigenvalue weighted by atomic mass is 9.98. The van der Waals surface area contributed by atoms with E-state index in [1.807, 2.05) is 0 Å². The summed E-state index contributed by atoms with van der Waals surface area (Å²) in [5.41, 5.74) is 5.08. The first-order valence-electron chi connectivity index (χ1n) is 6.79. The molecule has 7 N–H and O–H groups in total. The first kappa shape index (κ1) is 18.0. The van der Waals surface area contributed by atoms with Gasteiger partial charge >= 0.3 is 0 Å². The van der Waals surface area contributed by atoms with E-state index in [1.165, 1.54) is 23.4 Å². The minimum absolute atomic E-state index is 0.0122. The number of nitrogens with one attached hydrogen (secondary N) is 1. The second kappa shape index (κ2) is 7.03. The van der Waals surface area contributed by atoms with Crippen LogP contribution in [0.3, 0.4) is 0 Å². The fraction of sp³-hybridized carbons (Fsp3) is 0.667. The molecule has 1 saturated heterocycles. The minimum atomic E-state index is -1.54. The summed E-state index contributed by atoms with van der Waals surface area (Å²) in [4.78, 5) is 16.2. The van der Waals surface area contributed by atoms with Gasteiger partial charge in [-0.3, -0.25) is 9.36 Å². The quantitative estimate of drug-likeness (QED) is 0.249. The van der Waals surface area contributed by atoms with Crippen LogP contribution in [0.2, 0.25) is 0 Å². The molecule has 2 heterocycles. The third kappa shape index (κ3) is 3.29. The van der Waals surface area contributed by atoms with Crippen LogP contribution in [0, 0.1) is 0 Å². The van der Waals surface area contributed by atoms with Crippen LogP contribution in [0.1, 0.15) is 0 Å². The summed E-state index contributed by atoms with van der Waals surface area (Å²) in [5.74, 6) is -0.0122. The van der Waals surface area contributed by atoms with Crippen molar-refractivity contribution in [2.24, 2.45) is 7.05 Å². The number of hydrogen-bond donors (Lipinski definition) is 6. The summed E-state index contributed by atoms with van der Waals surface area (Å²) in [7, 11) is 1.52. The highest BCUT2D eigenvalue weighted by Crippen LogP contribution is 2.24. The molecule has 1 aliphatic rings. The Bertz CT molecular complexity index is 624. The summed E-state index contributed by atoms with van der Waals surface area (Å²) in [6, 6.07) is 0. The van der Waals surface area contributed by atoms with Gasteiger partial charge in [0.2, 0.25) is 0 Å². The van der Waals surface area contributed by atoms with Gasteiger partial charge in [-0.1, -0.05) is 11.8 Å².